The zero-order valence-electron chi connectivity index (χ0n) is 6.34. The lowest BCUT2D eigenvalue weighted by Crippen LogP contribution is -2.28. The molecule has 0 aliphatic carbocycles. The molecule has 12 heavy (non-hydrogen) atoms. The highest BCUT2D eigenvalue weighted by molar-refractivity contribution is 9.10. The summed E-state index contributed by atoms with van der Waals surface area (Å²) >= 11 is 3.10. The first-order valence-corrected chi connectivity index (χ1v) is 4.27. The lowest BCUT2D eigenvalue weighted by atomic mass is 10.4. The zero-order chi connectivity index (χ0) is 8.97. The molecule has 3 N–H and O–H groups in total. The van der Waals surface area contributed by atoms with Crippen molar-refractivity contribution in [1.82, 2.24) is 5.32 Å². The minimum atomic E-state index is -0.244. The molecule has 0 aliphatic rings. The Bertz CT molecular complexity index is 272. The van der Waals surface area contributed by atoms with Crippen LogP contribution in [-0.4, -0.2) is 19.0 Å². The van der Waals surface area contributed by atoms with E-state index in [4.69, 9.17) is 10.2 Å². The second kappa shape index (κ2) is 4.27. The first-order chi connectivity index (χ1) is 5.74. The van der Waals surface area contributed by atoms with E-state index in [0.717, 1.165) is 0 Å². The van der Waals surface area contributed by atoms with Crippen LogP contribution in [0.3, 0.4) is 0 Å². The minimum Gasteiger partial charge on any atom is -0.444 e. The number of furan rings is 1. The maximum absolute atomic E-state index is 11.1. The summed E-state index contributed by atoms with van der Waals surface area (Å²) < 4.78 is 5.55. The van der Waals surface area contributed by atoms with Crippen molar-refractivity contribution in [1.29, 1.82) is 0 Å². The van der Waals surface area contributed by atoms with Gasteiger partial charge in [-0.1, -0.05) is 0 Å². The quantitative estimate of drug-likeness (QED) is 0.808. The van der Waals surface area contributed by atoms with Crippen LogP contribution in [-0.2, 0) is 0 Å². The Morgan fingerprint density at radius 2 is 2.42 bits per heavy atom. The number of carbonyl (C=O) groups is 1. The van der Waals surface area contributed by atoms with Crippen LogP contribution in [0.5, 0.6) is 0 Å². The summed E-state index contributed by atoms with van der Waals surface area (Å²) in [4.78, 5) is 11.1. The number of amides is 1. The first-order valence-electron chi connectivity index (χ1n) is 3.47. The van der Waals surface area contributed by atoms with E-state index in [9.17, 15) is 4.79 Å². The van der Waals surface area contributed by atoms with Crippen molar-refractivity contribution >= 4 is 21.8 Å². The van der Waals surface area contributed by atoms with Gasteiger partial charge in [-0.05, 0) is 28.1 Å². The van der Waals surface area contributed by atoms with Gasteiger partial charge in [-0.25, -0.2) is 0 Å². The molecule has 0 aliphatic heterocycles. The number of nitrogens with two attached hydrogens (primary N) is 1. The SMILES string of the molecule is NCCNC(=O)c1ccc(Br)o1. The minimum absolute atomic E-state index is 0.244. The van der Waals surface area contributed by atoms with E-state index in [1.165, 1.54) is 0 Å². The van der Waals surface area contributed by atoms with Crippen molar-refractivity contribution in [3.8, 4) is 0 Å². The molecule has 1 amide bonds. The Hall–Kier alpha value is -0.810. The van der Waals surface area contributed by atoms with E-state index >= 15 is 0 Å². The monoisotopic (exact) mass is 232 g/mol. The second-order valence-electron chi connectivity index (χ2n) is 2.15. The van der Waals surface area contributed by atoms with Crippen molar-refractivity contribution in [3.63, 3.8) is 0 Å². The van der Waals surface area contributed by atoms with Gasteiger partial charge in [0.25, 0.3) is 5.91 Å². The maximum atomic E-state index is 11.1. The van der Waals surface area contributed by atoms with Gasteiger partial charge in [-0.2, -0.15) is 0 Å². The maximum Gasteiger partial charge on any atom is 0.287 e. The standard InChI is InChI=1S/C7H9BrN2O2/c8-6-2-1-5(12-6)7(11)10-4-3-9/h1-2H,3-4,9H2,(H,10,11). The average molecular weight is 233 g/mol. The van der Waals surface area contributed by atoms with Gasteiger partial charge in [-0.3, -0.25) is 4.79 Å². The molecule has 0 saturated heterocycles. The molecule has 0 unspecified atom stereocenters. The van der Waals surface area contributed by atoms with Gasteiger partial charge in [0.1, 0.15) is 0 Å². The summed E-state index contributed by atoms with van der Waals surface area (Å²) in [6.45, 7) is 0.880. The van der Waals surface area contributed by atoms with Gasteiger partial charge in [0.05, 0.1) is 0 Å². The molecule has 66 valence electrons. The molecule has 1 heterocycles. The summed E-state index contributed by atoms with van der Waals surface area (Å²) in [6, 6.07) is 3.26. The predicted octanol–water partition coefficient (Wildman–Crippen LogP) is 0.731. The van der Waals surface area contributed by atoms with E-state index in [0.29, 0.717) is 17.8 Å². The van der Waals surface area contributed by atoms with Gasteiger partial charge in [0.2, 0.25) is 0 Å². The highest BCUT2D eigenvalue weighted by atomic mass is 79.9. The molecule has 1 aromatic rings. The van der Waals surface area contributed by atoms with Crippen LogP contribution in [0, 0.1) is 0 Å². The van der Waals surface area contributed by atoms with Gasteiger partial charge < -0.3 is 15.5 Å². The summed E-state index contributed by atoms with van der Waals surface area (Å²) in [7, 11) is 0. The lowest BCUT2D eigenvalue weighted by molar-refractivity contribution is 0.0926. The highest BCUT2D eigenvalue weighted by Crippen LogP contribution is 2.13. The summed E-state index contributed by atoms with van der Waals surface area (Å²) in [5.74, 6) is 0.0430. The fraction of sp³-hybridized carbons (Fsp3) is 0.286. The molecule has 0 saturated carbocycles. The van der Waals surface area contributed by atoms with Crippen molar-refractivity contribution in [3.05, 3.63) is 22.6 Å². The Balaban J connectivity index is 2.53. The molecule has 4 nitrogen and oxygen atoms in total. The molecule has 0 bridgehead atoms. The molecule has 1 aromatic heterocycles. The smallest absolute Gasteiger partial charge is 0.287 e. The third-order valence-electron chi connectivity index (χ3n) is 1.23. The van der Waals surface area contributed by atoms with Crippen LogP contribution in [0.4, 0.5) is 0 Å². The highest BCUT2D eigenvalue weighted by Gasteiger charge is 2.08. The van der Waals surface area contributed by atoms with Crippen molar-refractivity contribution in [2.24, 2.45) is 5.73 Å². The number of hydrogen-bond donors (Lipinski definition) is 2. The van der Waals surface area contributed by atoms with E-state index in [1.54, 1.807) is 12.1 Å². The van der Waals surface area contributed by atoms with Crippen LogP contribution >= 0.6 is 15.9 Å². The number of nitrogens with one attached hydrogen (secondary N) is 1. The van der Waals surface area contributed by atoms with Crippen molar-refractivity contribution < 1.29 is 9.21 Å². The largest absolute Gasteiger partial charge is 0.444 e. The van der Waals surface area contributed by atoms with Gasteiger partial charge in [0.15, 0.2) is 10.4 Å². The third kappa shape index (κ3) is 2.35. The molecular formula is C7H9BrN2O2. The fourth-order valence-corrected chi connectivity index (χ4v) is 1.02. The van der Waals surface area contributed by atoms with Crippen LogP contribution in [0.15, 0.2) is 21.2 Å². The molecule has 0 spiro atoms. The third-order valence-corrected chi connectivity index (χ3v) is 1.65. The van der Waals surface area contributed by atoms with Gasteiger partial charge in [0, 0.05) is 13.1 Å². The molecule has 0 atom stereocenters. The summed E-state index contributed by atoms with van der Waals surface area (Å²) in [6.07, 6.45) is 0. The van der Waals surface area contributed by atoms with Crippen molar-refractivity contribution in [2.75, 3.05) is 13.1 Å². The van der Waals surface area contributed by atoms with Crippen LogP contribution in [0.1, 0.15) is 10.6 Å². The number of carbonyl (C=O) groups excluding carboxylic acids is 1. The Morgan fingerprint density at radius 3 is 2.92 bits per heavy atom. The molecule has 1 rings (SSSR count). The first kappa shape index (κ1) is 9.28. The van der Waals surface area contributed by atoms with Gasteiger partial charge in [-0.15, -0.1) is 0 Å². The van der Waals surface area contributed by atoms with E-state index < -0.39 is 0 Å². The van der Waals surface area contributed by atoms with Gasteiger partial charge >= 0.3 is 0 Å². The zero-order valence-corrected chi connectivity index (χ0v) is 7.93. The van der Waals surface area contributed by atoms with Crippen LogP contribution in [0.2, 0.25) is 0 Å². The van der Waals surface area contributed by atoms with E-state index in [-0.39, 0.29) is 11.7 Å². The van der Waals surface area contributed by atoms with E-state index in [1.807, 2.05) is 0 Å². The lowest BCUT2D eigenvalue weighted by Gasteiger charge is -1.98. The Morgan fingerprint density at radius 1 is 1.67 bits per heavy atom. The Labute approximate surface area is 78.2 Å². The van der Waals surface area contributed by atoms with Crippen molar-refractivity contribution in [2.45, 2.75) is 0 Å². The average Bonchev–Trinajstić information content (AvgIpc) is 2.47. The van der Waals surface area contributed by atoms with E-state index in [2.05, 4.69) is 21.2 Å². The normalized spacial score (nSPS) is 9.83. The summed E-state index contributed by atoms with van der Waals surface area (Å²) in [5.41, 5.74) is 5.21. The second-order valence-corrected chi connectivity index (χ2v) is 2.93. The topological polar surface area (TPSA) is 68.3 Å². The summed E-state index contributed by atoms with van der Waals surface area (Å²) in [5, 5.41) is 2.58. The molecular weight excluding hydrogens is 224 g/mol. The molecule has 0 aromatic carbocycles. The predicted molar refractivity (Wildman–Crippen MR) is 47.8 cm³/mol. The van der Waals surface area contributed by atoms with Crippen LogP contribution < -0.4 is 11.1 Å². The number of rotatable bonds is 3. The fourth-order valence-electron chi connectivity index (χ4n) is 0.709. The number of hydrogen-bond acceptors (Lipinski definition) is 3. The number of halogens is 1. The molecule has 0 fully saturated rings. The van der Waals surface area contributed by atoms with Crippen LogP contribution in [0.25, 0.3) is 0 Å². The Kier molecular flexibility index (Phi) is 3.31. The molecule has 0 radical (unpaired) electrons. The molecule has 5 heteroatoms.